The number of thiazole rings is 1. The molecule has 0 bridgehead atoms. The maximum Gasteiger partial charge on any atom is 0.338 e. The third kappa shape index (κ3) is 5.34. The zero-order valence-corrected chi connectivity index (χ0v) is 23.3. The highest BCUT2D eigenvalue weighted by Crippen LogP contribution is 2.34. The first-order chi connectivity index (χ1) is 19.4. The summed E-state index contributed by atoms with van der Waals surface area (Å²) in [5.41, 5.74) is 3.18. The fourth-order valence-corrected chi connectivity index (χ4v) is 5.83. The molecule has 5 rings (SSSR count). The quantitative estimate of drug-likeness (QED) is 0.295. The van der Waals surface area contributed by atoms with Gasteiger partial charge in [0.2, 0.25) is 0 Å². The highest BCUT2D eigenvalue weighted by Gasteiger charge is 2.34. The third-order valence-corrected chi connectivity index (χ3v) is 7.73. The van der Waals surface area contributed by atoms with Crippen molar-refractivity contribution >= 4 is 35.0 Å². The Hall–Kier alpha value is -4.45. The molecule has 3 aromatic carbocycles. The predicted molar refractivity (Wildman–Crippen MR) is 154 cm³/mol. The summed E-state index contributed by atoms with van der Waals surface area (Å²) in [7, 11) is 0. The van der Waals surface area contributed by atoms with Crippen LogP contribution in [0.1, 0.15) is 42.1 Å². The lowest BCUT2D eigenvalue weighted by atomic mass is 9.96. The van der Waals surface area contributed by atoms with Gasteiger partial charge in [-0.15, -0.1) is 0 Å². The molecule has 0 saturated carbocycles. The van der Waals surface area contributed by atoms with Gasteiger partial charge in [-0.05, 0) is 55.3 Å². The van der Waals surface area contributed by atoms with Crippen molar-refractivity contribution in [2.45, 2.75) is 26.5 Å². The van der Waals surface area contributed by atoms with Crippen LogP contribution in [-0.2, 0) is 16.1 Å². The molecule has 0 saturated heterocycles. The number of esters is 1. The van der Waals surface area contributed by atoms with E-state index in [1.807, 2.05) is 48.5 Å². The van der Waals surface area contributed by atoms with Crippen LogP contribution in [0.5, 0.6) is 5.75 Å². The van der Waals surface area contributed by atoms with Gasteiger partial charge < -0.3 is 9.47 Å². The zero-order chi connectivity index (χ0) is 28.2. The lowest BCUT2D eigenvalue weighted by molar-refractivity contribution is -0.139. The molecule has 0 unspecified atom stereocenters. The van der Waals surface area contributed by atoms with Crippen LogP contribution in [0.2, 0.25) is 5.02 Å². The van der Waals surface area contributed by atoms with Crippen molar-refractivity contribution < 1.29 is 14.3 Å². The summed E-state index contributed by atoms with van der Waals surface area (Å²) in [6.45, 7) is 3.89. The van der Waals surface area contributed by atoms with E-state index in [9.17, 15) is 14.9 Å². The summed E-state index contributed by atoms with van der Waals surface area (Å²) in [5, 5.41) is 9.76. The van der Waals surface area contributed by atoms with E-state index in [1.165, 1.54) is 15.9 Å². The molecule has 0 fully saturated rings. The van der Waals surface area contributed by atoms with Crippen LogP contribution < -0.4 is 19.6 Å². The molecule has 0 aliphatic carbocycles. The van der Waals surface area contributed by atoms with E-state index in [1.54, 1.807) is 44.2 Å². The van der Waals surface area contributed by atoms with Crippen molar-refractivity contribution in [1.29, 1.82) is 5.26 Å². The maximum absolute atomic E-state index is 13.8. The molecule has 9 heteroatoms. The van der Waals surface area contributed by atoms with E-state index in [4.69, 9.17) is 21.1 Å². The molecule has 1 aliphatic rings. The first-order valence-electron chi connectivity index (χ1n) is 12.6. The van der Waals surface area contributed by atoms with Gasteiger partial charge >= 0.3 is 5.97 Å². The number of halogens is 1. The number of aromatic nitrogens is 1. The highest BCUT2D eigenvalue weighted by molar-refractivity contribution is 7.07. The Morgan fingerprint density at radius 2 is 1.93 bits per heavy atom. The number of rotatable bonds is 7. The fraction of sp³-hybridized carbons (Fsp3) is 0.161. The van der Waals surface area contributed by atoms with Crippen LogP contribution in [0.15, 0.2) is 93.9 Å². The van der Waals surface area contributed by atoms with E-state index in [-0.39, 0.29) is 24.3 Å². The molecule has 1 aliphatic heterocycles. The summed E-state index contributed by atoms with van der Waals surface area (Å²) in [4.78, 5) is 31.9. The number of allylic oxidation sites excluding steroid dienone is 1. The monoisotopic (exact) mass is 569 g/mol. The second-order valence-corrected chi connectivity index (χ2v) is 10.4. The second-order valence-electron chi connectivity index (χ2n) is 8.95. The van der Waals surface area contributed by atoms with Crippen molar-refractivity contribution in [1.82, 2.24) is 4.57 Å². The van der Waals surface area contributed by atoms with Crippen molar-refractivity contribution in [2.75, 3.05) is 6.61 Å². The topological polar surface area (TPSA) is 93.7 Å². The fourth-order valence-electron chi connectivity index (χ4n) is 4.54. The van der Waals surface area contributed by atoms with Gasteiger partial charge in [0.1, 0.15) is 18.4 Å². The number of carbonyl (C=O) groups excluding carboxylic acids is 1. The normalized spacial score (nSPS) is 14.8. The van der Waals surface area contributed by atoms with E-state index in [0.717, 1.165) is 11.1 Å². The molecule has 40 heavy (non-hydrogen) atoms. The first kappa shape index (κ1) is 27.1. The summed E-state index contributed by atoms with van der Waals surface area (Å²) in [5.74, 6) is 0.0643. The molecular weight excluding hydrogens is 546 g/mol. The predicted octanol–water partition coefficient (Wildman–Crippen LogP) is 4.90. The van der Waals surface area contributed by atoms with Gasteiger partial charge in [0.25, 0.3) is 5.56 Å². The molecular formula is C31H24ClN3O4S. The smallest absolute Gasteiger partial charge is 0.338 e. The second kappa shape index (κ2) is 11.7. The van der Waals surface area contributed by atoms with Gasteiger partial charge in [0.05, 0.1) is 34.0 Å². The SMILES string of the molecule is CCOC(=O)C1=C(C)N=c2s/c(=C\c3cccc(OCc4ccccc4C#N)c3)c(=O)n2[C@H]1c1ccccc1Cl. The molecule has 1 aromatic heterocycles. The van der Waals surface area contributed by atoms with Crippen LogP contribution in [0.4, 0.5) is 0 Å². The molecule has 4 aromatic rings. The Morgan fingerprint density at radius 3 is 2.70 bits per heavy atom. The largest absolute Gasteiger partial charge is 0.489 e. The number of hydrogen-bond acceptors (Lipinski definition) is 7. The number of benzene rings is 3. The van der Waals surface area contributed by atoms with E-state index >= 15 is 0 Å². The molecule has 1 atom stereocenters. The molecule has 0 radical (unpaired) electrons. The lowest BCUT2D eigenvalue weighted by Gasteiger charge is -2.25. The van der Waals surface area contributed by atoms with E-state index < -0.39 is 12.0 Å². The molecule has 200 valence electrons. The Bertz CT molecular complexity index is 1870. The minimum absolute atomic E-state index is 0.190. The minimum atomic E-state index is -0.777. The third-order valence-electron chi connectivity index (χ3n) is 6.40. The number of nitriles is 1. The Kier molecular flexibility index (Phi) is 7.96. The standard InChI is InChI=1S/C31H24ClN3O4S/c1-3-38-30(37)27-19(2)34-31-35(28(27)24-13-6-7-14-25(24)32)29(36)26(40-31)16-20-9-8-12-23(15-20)39-18-22-11-5-4-10-21(22)17-33/h4-16,28H,3,18H2,1-2H3/b26-16-/t28-/m0/s1. The van der Waals surface area contributed by atoms with Gasteiger partial charge in [-0.25, -0.2) is 9.79 Å². The van der Waals surface area contributed by atoms with Crippen LogP contribution >= 0.6 is 22.9 Å². The lowest BCUT2D eigenvalue weighted by Crippen LogP contribution is -2.40. The van der Waals surface area contributed by atoms with Crippen molar-refractivity contribution in [3.05, 3.63) is 131 Å². The van der Waals surface area contributed by atoms with Crippen molar-refractivity contribution in [3.63, 3.8) is 0 Å². The first-order valence-corrected chi connectivity index (χ1v) is 13.8. The van der Waals surface area contributed by atoms with E-state index in [0.29, 0.717) is 36.9 Å². The molecule has 0 spiro atoms. The van der Waals surface area contributed by atoms with Gasteiger partial charge in [0, 0.05) is 10.6 Å². The highest BCUT2D eigenvalue weighted by atomic mass is 35.5. The van der Waals surface area contributed by atoms with Gasteiger partial charge in [-0.1, -0.05) is 71.5 Å². The maximum atomic E-state index is 13.8. The summed E-state index contributed by atoms with van der Waals surface area (Å²) in [6.07, 6.45) is 1.77. The number of hydrogen-bond donors (Lipinski definition) is 0. The number of nitrogens with zero attached hydrogens (tertiary/aromatic N) is 3. The van der Waals surface area contributed by atoms with Gasteiger partial charge in [-0.2, -0.15) is 5.26 Å². The zero-order valence-electron chi connectivity index (χ0n) is 21.8. The number of ether oxygens (including phenoxy) is 2. The molecule has 0 N–H and O–H groups in total. The van der Waals surface area contributed by atoms with Gasteiger partial charge in [-0.3, -0.25) is 9.36 Å². The van der Waals surface area contributed by atoms with Crippen LogP contribution in [-0.4, -0.2) is 17.1 Å². The summed E-state index contributed by atoms with van der Waals surface area (Å²) >= 11 is 7.80. The average Bonchev–Trinajstić information content (AvgIpc) is 3.25. The van der Waals surface area contributed by atoms with Crippen molar-refractivity contribution in [3.8, 4) is 11.8 Å². The van der Waals surface area contributed by atoms with E-state index in [2.05, 4.69) is 11.1 Å². The summed E-state index contributed by atoms with van der Waals surface area (Å²) in [6, 6.07) is 23.2. The Labute approximate surface area is 239 Å². The number of carbonyl (C=O) groups is 1. The number of fused-ring (bicyclic) bond motifs is 1. The molecule has 0 amide bonds. The van der Waals surface area contributed by atoms with Crippen molar-refractivity contribution in [2.24, 2.45) is 4.99 Å². The van der Waals surface area contributed by atoms with Crippen LogP contribution in [0.3, 0.4) is 0 Å². The molecule has 2 heterocycles. The average molecular weight is 570 g/mol. The Morgan fingerprint density at radius 1 is 1.15 bits per heavy atom. The molecule has 7 nitrogen and oxygen atoms in total. The summed E-state index contributed by atoms with van der Waals surface area (Å²) < 4.78 is 13.2. The minimum Gasteiger partial charge on any atom is -0.489 e. The van der Waals surface area contributed by atoms with Crippen LogP contribution in [0, 0.1) is 11.3 Å². The van der Waals surface area contributed by atoms with Gasteiger partial charge in [0.15, 0.2) is 4.80 Å². The van der Waals surface area contributed by atoms with Crippen LogP contribution in [0.25, 0.3) is 6.08 Å². The Balaban J connectivity index is 1.55.